The number of nitrogens with one attached hydrogen (secondary N) is 1. The quantitative estimate of drug-likeness (QED) is 0.472. The number of hydrogen-bond acceptors (Lipinski definition) is 6. The molecule has 0 radical (unpaired) electrons. The number of benzene rings is 2. The highest BCUT2D eigenvalue weighted by molar-refractivity contribution is 7.85. The molecule has 9 heteroatoms. The Balaban J connectivity index is 1.79. The Bertz CT molecular complexity index is 1380. The molecule has 1 heterocycles. The van der Waals surface area contributed by atoms with Gasteiger partial charge in [0.2, 0.25) is 5.91 Å². The van der Waals surface area contributed by atoms with E-state index in [0.717, 1.165) is 17.5 Å². The van der Waals surface area contributed by atoms with Gasteiger partial charge in [0.15, 0.2) is 11.6 Å². The zero-order valence-electron chi connectivity index (χ0n) is 16.6. The number of carbonyl (C=O) groups is 3. The fourth-order valence-electron chi connectivity index (χ4n) is 3.50. The summed E-state index contributed by atoms with van der Waals surface area (Å²) in [6.07, 6.45) is 0. The number of anilines is 1. The van der Waals surface area contributed by atoms with E-state index < -0.39 is 32.5 Å². The number of amides is 1. The third-order valence-corrected chi connectivity index (χ3v) is 6.01. The molecule has 0 aliphatic heterocycles. The van der Waals surface area contributed by atoms with Crippen molar-refractivity contribution in [2.45, 2.75) is 24.7 Å². The first kappa shape index (κ1) is 20.8. The van der Waals surface area contributed by atoms with Gasteiger partial charge in [-0.05, 0) is 30.3 Å². The smallest absolute Gasteiger partial charge is 0.294 e. The second-order valence-corrected chi connectivity index (χ2v) is 9.02. The SMILES string of the molecule is CC(C)C(=O)Nc1cccc2ccc(C3C(=O)c4ccc(S(=O)(=O)O)cc4C3=O)nc12. The van der Waals surface area contributed by atoms with Gasteiger partial charge in [0.1, 0.15) is 5.92 Å². The van der Waals surface area contributed by atoms with Gasteiger partial charge >= 0.3 is 0 Å². The second kappa shape index (κ2) is 7.36. The van der Waals surface area contributed by atoms with Crippen LogP contribution in [-0.4, -0.2) is 35.4 Å². The van der Waals surface area contributed by atoms with Crippen molar-refractivity contribution >= 4 is 44.2 Å². The average molecular weight is 438 g/mol. The number of carbonyl (C=O) groups excluding carboxylic acids is 3. The topological polar surface area (TPSA) is 130 Å². The molecule has 2 aromatic carbocycles. The molecule has 31 heavy (non-hydrogen) atoms. The fourth-order valence-corrected chi connectivity index (χ4v) is 4.01. The zero-order chi connectivity index (χ0) is 22.5. The second-order valence-electron chi connectivity index (χ2n) is 7.60. The minimum atomic E-state index is -4.52. The van der Waals surface area contributed by atoms with Gasteiger partial charge in [-0.1, -0.05) is 32.0 Å². The van der Waals surface area contributed by atoms with Crippen LogP contribution in [0, 0.1) is 5.92 Å². The van der Waals surface area contributed by atoms with Crippen molar-refractivity contribution in [2.75, 3.05) is 5.32 Å². The van der Waals surface area contributed by atoms with E-state index in [2.05, 4.69) is 10.3 Å². The maximum atomic E-state index is 13.0. The molecule has 158 valence electrons. The first-order chi connectivity index (χ1) is 14.6. The molecular weight excluding hydrogens is 420 g/mol. The standard InChI is InChI=1S/C22H18N2O6S/c1-11(2)22(27)24-17-5-3-4-12-6-9-16(23-19(12)17)18-20(25)14-8-7-13(31(28,29)30)10-15(14)21(18)26/h3-11,18H,1-2H3,(H,24,27)(H,28,29,30). The van der Waals surface area contributed by atoms with E-state index in [1.54, 1.807) is 44.2 Å². The predicted molar refractivity (Wildman–Crippen MR) is 113 cm³/mol. The van der Waals surface area contributed by atoms with E-state index in [9.17, 15) is 27.4 Å². The molecule has 0 saturated heterocycles. The van der Waals surface area contributed by atoms with Crippen LogP contribution in [0.3, 0.4) is 0 Å². The van der Waals surface area contributed by atoms with Gasteiger partial charge in [-0.15, -0.1) is 0 Å². The minimum absolute atomic E-state index is 0.0747. The van der Waals surface area contributed by atoms with Gasteiger partial charge < -0.3 is 5.32 Å². The Labute approximate surface area is 178 Å². The molecule has 1 aromatic heterocycles. The van der Waals surface area contributed by atoms with E-state index in [-0.39, 0.29) is 28.6 Å². The first-order valence-corrected chi connectivity index (χ1v) is 10.9. The maximum Gasteiger partial charge on any atom is 0.294 e. The monoisotopic (exact) mass is 438 g/mol. The molecule has 0 fully saturated rings. The Morgan fingerprint density at radius 1 is 1.03 bits per heavy atom. The number of pyridine rings is 1. The number of Topliss-reactive ketones (excluding diaryl/α,β-unsaturated/α-hetero) is 2. The molecule has 4 rings (SSSR count). The number of para-hydroxylation sites is 1. The summed E-state index contributed by atoms with van der Waals surface area (Å²) < 4.78 is 32.1. The molecule has 1 aliphatic carbocycles. The predicted octanol–water partition coefficient (Wildman–Crippen LogP) is 3.24. The summed E-state index contributed by atoms with van der Waals surface area (Å²) in [5.41, 5.74) is 1.09. The number of fused-ring (bicyclic) bond motifs is 2. The highest BCUT2D eigenvalue weighted by Gasteiger charge is 2.41. The lowest BCUT2D eigenvalue weighted by molar-refractivity contribution is -0.118. The highest BCUT2D eigenvalue weighted by atomic mass is 32.2. The summed E-state index contributed by atoms with van der Waals surface area (Å²) in [6.45, 7) is 3.51. The van der Waals surface area contributed by atoms with Gasteiger partial charge in [0, 0.05) is 22.4 Å². The van der Waals surface area contributed by atoms with Crippen molar-refractivity contribution < 1.29 is 27.4 Å². The first-order valence-electron chi connectivity index (χ1n) is 9.48. The van der Waals surface area contributed by atoms with Gasteiger partial charge in [-0.2, -0.15) is 8.42 Å². The highest BCUT2D eigenvalue weighted by Crippen LogP contribution is 2.35. The molecule has 0 spiro atoms. The van der Waals surface area contributed by atoms with Crippen LogP contribution in [0.5, 0.6) is 0 Å². The van der Waals surface area contributed by atoms with E-state index in [1.165, 1.54) is 6.07 Å². The normalized spacial score (nSPS) is 16.1. The third kappa shape index (κ3) is 3.62. The molecule has 1 amide bonds. The molecule has 0 bridgehead atoms. The average Bonchev–Trinajstić information content (AvgIpc) is 2.97. The van der Waals surface area contributed by atoms with Crippen LogP contribution in [0.4, 0.5) is 5.69 Å². The van der Waals surface area contributed by atoms with Gasteiger partial charge in [0.05, 0.1) is 21.8 Å². The van der Waals surface area contributed by atoms with Crippen molar-refractivity contribution in [3.05, 3.63) is 65.4 Å². The van der Waals surface area contributed by atoms with Crippen LogP contribution in [-0.2, 0) is 14.9 Å². The van der Waals surface area contributed by atoms with Crippen molar-refractivity contribution in [1.82, 2.24) is 4.98 Å². The summed E-state index contributed by atoms with van der Waals surface area (Å²) in [7, 11) is -4.52. The number of hydrogen-bond donors (Lipinski definition) is 2. The van der Waals surface area contributed by atoms with E-state index in [1.807, 2.05) is 0 Å². The van der Waals surface area contributed by atoms with Crippen molar-refractivity contribution in [3.8, 4) is 0 Å². The van der Waals surface area contributed by atoms with Gasteiger partial charge in [-0.3, -0.25) is 18.9 Å². The van der Waals surface area contributed by atoms with Crippen LogP contribution in [0.2, 0.25) is 0 Å². The molecule has 0 saturated carbocycles. The molecule has 1 aliphatic rings. The van der Waals surface area contributed by atoms with E-state index in [0.29, 0.717) is 11.2 Å². The molecule has 1 atom stereocenters. The fraction of sp³-hybridized carbons (Fsp3) is 0.182. The minimum Gasteiger partial charge on any atom is -0.324 e. The largest absolute Gasteiger partial charge is 0.324 e. The third-order valence-electron chi connectivity index (χ3n) is 5.16. The lowest BCUT2D eigenvalue weighted by Gasteiger charge is -2.12. The van der Waals surface area contributed by atoms with Crippen molar-refractivity contribution in [2.24, 2.45) is 5.92 Å². The van der Waals surface area contributed by atoms with Gasteiger partial charge in [0.25, 0.3) is 10.1 Å². The number of rotatable bonds is 4. The van der Waals surface area contributed by atoms with Crippen molar-refractivity contribution in [1.29, 1.82) is 0 Å². The Morgan fingerprint density at radius 2 is 1.74 bits per heavy atom. The lowest BCUT2D eigenvalue weighted by Crippen LogP contribution is -2.18. The molecule has 1 unspecified atom stereocenters. The molecule has 3 aromatic rings. The van der Waals surface area contributed by atoms with Crippen LogP contribution < -0.4 is 5.32 Å². The summed E-state index contributed by atoms with van der Waals surface area (Å²) >= 11 is 0. The van der Waals surface area contributed by atoms with Crippen LogP contribution in [0.25, 0.3) is 10.9 Å². The van der Waals surface area contributed by atoms with Crippen LogP contribution in [0.15, 0.2) is 53.4 Å². The van der Waals surface area contributed by atoms with Crippen LogP contribution in [0.1, 0.15) is 46.2 Å². The number of nitrogens with zero attached hydrogens (tertiary/aromatic N) is 1. The molecule has 2 N–H and O–H groups in total. The summed E-state index contributed by atoms with van der Waals surface area (Å²) in [5, 5.41) is 3.52. The zero-order valence-corrected chi connectivity index (χ0v) is 17.4. The molecule has 8 nitrogen and oxygen atoms in total. The van der Waals surface area contributed by atoms with Gasteiger partial charge in [-0.25, -0.2) is 4.98 Å². The van der Waals surface area contributed by atoms with Crippen LogP contribution >= 0.6 is 0 Å². The maximum absolute atomic E-state index is 13.0. The summed E-state index contributed by atoms with van der Waals surface area (Å²) in [6, 6.07) is 11.8. The number of aromatic nitrogens is 1. The Morgan fingerprint density at radius 3 is 2.42 bits per heavy atom. The summed E-state index contributed by atoms with van der Waals surface area (Å²) in [4.78, 5) is 42.1. The van der Waals surface area contributed by atoms with E-state index in [4.69, 9.17) is 0 Å². The molecular formula is C22H18N2O6S. The Hall–Kier alpha value is -3.43. The Kier molecular flexibility index (Phi) is 4.95. The van der Waals surface area contributed by atoms with E-state index >= 15 is 0 Å². The van der Waals surface area contributed by atoms with Crippen molar-refractivity contribution in [3.63, 3.8) is 0 Å². The lowest BCUT2D eigenvalue weighted by atomic mass is 9.98. The number of ketones is 2. The summed E-state index contributed by atoms with van der Waals surface area (Å²) in [5.74, 6) is -2.77.